The van der Waals surface area contributed by atoms with Gasteiger partial charge in [0, 0.05) is 22.6 Å². The highest BCUT2D eigenvalue weighted by molar-refractivity contribution is 6.31. The molecule has 2 amide bonds. The predicted octanol–water partition coefficient (Wildman–Crippen LogP) is 6.88. The Labute approximate surface area is 193 Å². The largest absolute Gasteiger partial charge is 0.322 e. The van der Waals surface area contributed by atoms with E-state index >= 15 is 0 Å². The zero-order valence-electron chi connectivity index (χ0n) is 18.0. The Bertz CT molecular complexity index is 1310. The summed E-state index contributed by atoms with van der Waals surface area (Å²) in [6, 6.07) is 25.8. The van der Waals surface area contributed by atoms with Gasteiger partial charge in [-0.3, -0.25) is 0 Å². The Morgan fingerprint density at radius 3 is 2.56 bits per heavy atom. The number of nitrogens with one attached hydrogen (secondary N) is 1. The van der Waals surface area contributed by atoms with Crippen LogP contribution < -0.4 is 5.32 Å². The van der Waals surface area contributed by atoms with Gasteiger partial charge in [0.2, 0.25) is 0 Å². The van der Waals surface area contributed by atoms with Crippen LogP contribution in [0.4, 0.5) is 10.5 Å². The molecule has 3 aromatic carbocycles. The molecule has 32 heavy (non-hydrogen) atoms. The fraction of sp³-hybridized carbons (Fsp3) is 0.148. The Hall–Kier alpha value is -3.50. The molecule has 0 saturated heterocycles. The fourth-order valence-corrected chi connectivity index (χ4v) is 4.66. The summed E-state index contributed by atoms with van der Waals surface area (Å²) >= 11 is 6.31. The molecule has 160 valence electrons. The molecular weight excluding hydrogens is 418 g/mol. The van der Waals surface area contributed by atoms with Crippen LogP contribution in [0.1, 0.15) is 34.0 Å². The van der Waals surface area contributed by atoms with Crippen molar-refractivity contribution in [1.82, 2.24) is 9.47 Å². The number of hydrogen-bond donors (Lipinski definition) is 1. The number of para-hydroxylation sites is 1. The first-order chi connectivity index (χ1) is 15.5. The molecule has 5 heteroatoms. The van der Waals surface area contributed by atoms with E-state index in [-0.39, 0.29) is 12.1 Å². The highest BCUT2D eigenvalue weighted by Crippen LogP contribution is 2.38. The standard InChI is InChI=1S/C27H24ClN3O/c1-18-9-3-5-11-21(18)26-25-15-8-16-30(25)24-14-6-4-10-20(24)17-31(26)27(32)29-23-13-7-12-22(28)19(23)2/h3-16,26H,17H2,1-2H3,(H,29,32)/t26-/m1/s1. The summed E-state index contributed by atoms with van der Waals surface area (Å²) in [6.07, 6.45) is 2.07. The molecule has 0 radical (unpaired) electrons. The van der Waals surface area contributed by atoms with Crippen molar-refractivity contribution in [2.45, 2.75) is 26.4 Å². The molecule has 0 unspecified atom stereocenters. The molecule has 5 rings (SSSR count). The molecule has 0 aliphatic carbocycles. The molecule has 0 saturated carbocycles. The average molecular weight is 442 g/mol. The van der Waals surface area contributed by atoms with Crippen molar-refractivity contribution in [3.63, 3.8) is 0 Å². The van der Waals surface area contributed by atoms with E-state index in [2.05, 4.69) is 53.3 Å². The minimum Gasteiger partial charge on any atom is -0.318 e. The number of urea groups is 1. The fourth-order valence-electron chi connectivity index (χ4n) is 4.49. The van der Waals surface area contributed by atoms with Crippen LogP contribution in [0.3, 0.4) is 0 Å². The van der Waals surface area contributed by atoms with E-state index < -0.39 is 0 Å². The normalized spacial score (nSPS) is 15.0. The first-order valence-electron chi connectivity index (χ1n) is 10.7. The van der Waals surface area contributed by atoms with Gasteiger partial charge in [-0.05, 0) is 66.4 Å². The number of aromatic nitrogens is 1. The smallest absolute Gasteiger partial charge is 0.318 e. The molecule has 4 aromatic rings. The van der Waals surface area contributed by atoms with Crippen LogP contribution in [0.5, 0.6) is 0 Å². The van der Waals surface area contributed by atoms with Gasteiger partial charge in [0.1, 0.15) is 6.04 Å². The van der Waals surface area contributed by atoms with Crippen LogP contribution >= 0.6 is 11.6 Å². The molecule has 1 aliphatic heterocycles. The number of carbonyl (C=O) groups excluding carboxylic acids is 1. The summed E-state index contributed by atoms with van der Waals surface area (Å²) in [5, 5.41) is 3.75. The van der Waals surface area contributed by atoms with Gasteiger partial charge in [0.25, 0.3) is 0 Å². The van der Waals surface area contributed by atoms with E-state index in [1.54, 1.807) is 0 Å². The van der Waals surface area contributed by atoms with Gasteiger partial charge in [0.15, 0.2) is 0 Å². The van der Waals surface area contributed by atoms with Crippen molar-refractivity contribution in [2.24, 2.45) is 0 Å². The first-order valence-corrected chi connectivity index (χ1v) is 11.1. The first kappa shape index (κ1) is 20.4. The lowest BCUT2D eigenvalue weighted by molar-refractivity contribution is 0.194. The maximum Gasteiger partial charge on any atom is 0.322 e. The summed E-state index contributed by atoms with van der Waals surface area (Å²) in [5.41, 5.74) is 7.08. The molecule has 2 heterocycles. The van der Waals surface area contributed by atoms with E-state index in [1.807, 2.05) is 60.4 Å². The molecule has 0 bridgehead atoms. The number of hydrogen-bond acceptors (Lipinski definition) is 1. The van der Waals surface area contributed by atoms with Crippen LogP contribution in [0.15, 0.2) is 85.1 Å². The van der Waals surface area contributed by atoms with Crippen LogP contribution in [0, 0.1) is 13.8 Å². The van der Waals surface area contributed by atoms with E-state index in [0.717, 1.165) is 39.3 Å². The summed E-state index contributed by atoms with van der Waals surface area (Å²) in [6.45, 7) is 4.50. The van der Waals surface area contributed by atoms with Crippen LogP contribution in [0.2, 0.25) is 5.02 Å². The van der Waals surface area contributed by atoms with Crippen LogP contribution in [-0.4, -0.2) is 15.5 Å². The Kier molecular flexibility index (Phi) is 5.24. The van der Waals surface area contributed by atoms with Gasteiger partial charge in [-0.2, -0.15) is 0 Å². The van der Waals surface area contributed by atoms with Crippen LogP contribution in [-0.2, 0) is 6.54 Å². The lowest BCUT2D eigenvalue weighted by Gasteiger charge is -2.32. The molecule has 0 spiro atoms. The summed E-state index contributed by atoms with van der Waals surface area (Å²) in [5.74, 6) is 0. The predicted molar refractivity (Wildman–Crippen MR) is 130 cm³/mol. The van der Waals surface area contributed by atoms with Crippen molar-refractivity contribution in [1.29, 1.82) is 0 Å². The number of fused-ring (bicyclic) bond motifs is 3. The minimum absolute atomic E-state index is 0.159. The Morgan fingerprint density at radius 1 is 0.938 bits per heavy atom. The van der Waals surface area contributed by atoms with Gasteiger partial charge >= 0.3 is 6.03 Å². The van der Waals surface area contributed by atoms with Crippen LogP contribution in [0.25, 0.3) is 5.69 Å². The molecule has 1 N–H and O–H groups in total. The van der Waals surface area contributed by atoms with E-state index in [1.165, 1.54) is 0 Å². The number of anilines is 1. The van der Waals surface area contributed by atoms with Gasteiger partial charge in [-0.25, -0.2) is 4.79 Å². The maximum atomic E-state index is 13.8. The second-order valence-electron chi connectivity index (χ2n) is 8.16. The summed E-state index contributed by atoms with van der Waals surface area (Å²) in [4.78, 5) is 15.7. The molecule has 1 aromatic heterocycles. The highest BCUT2D eigenvalue weighted by Gasteiger charge is 2.33. The maximum absolute atomic E-state index is 13.8. The zero-order valence-corrected chi connectivity index (χ0v) is 18.8. The molecule has 1 aliphatic rings. The molecule has 1 atom stereocenters. The second-order valence-corrected chi connectivity index (χ2v) is 8.57. The number of amides is 2. The van der Waals surface area contributed by atoms with Crippen molar-refractivity contribution < 1.29 is 4.79 Å². The van der Waals surface area contributed by atoms with Crippen molar-refractivity contribution >= 4 is 23.3 Å². The number of nitrogens with zero attached hydrogens (tertiary/aromatic N) is 2. The van der Waals surface area contributed by atoms with Gasteiger partial charge < -0.3 is 14.8 Å². The van der Waals surface area contributed by atoms with Gasteiger partial charge in [-0.1, -0.05) is 60.1 Å². The van der Waals surface area contributed by atoms with Crippen molar-refractivity contribution in [3.05, 3.63) is 118 Å². The topological polar surface area (TPSA) is 37.3 Å². The van der Waals surface area contributed by atoms with Gasteiger partial charge in [0.05, 0.1) is 12.2 Å². The molecule has 0 fully saturated rings. The monoisotopic (exact) mass is 441 g/mol. The quantitative estimate of drug-likeness (QED) is 0.361. The third kappa shape index (κ3) is 3.47. The molecular formula is C27H24ClN3O. The van der Waals surface area contributed by atoms with Crippen molar-refractivity contribution in [2.75, 3.05) is 5.32 Å². The van der Waals surface area contributed by atoms with E-state index in [0.29, 0.717) is 11.6 Å². The SMILES string of the molecule is Cc1ccccc1[C@@H]1c2cccn2-c2ccccc2CN1C(=O)Nc1cccc(Cl)c1C. The number of aryl methyl sites for hydroxylation is 1. The van der Waals surface area contributed by atoms with E-state index in [4.69, 9.17) is 11.6 Å². The van der Waals surface area contributed by atoms with Gasteiger partial charge in [-0.15, -0.1) is 0 Å². The Morgan fingerprint density at radius 2 is 1.72 bits per heavy atom. The average Bonchev–Trinajstić information content (AvgIpc) is 3.22. The van der Waals surface area contributed by atoms with Crippen molar-refractivity contribution in [3.8, 4) is 5.69 Å². The number of rotatable bonds is 2. The lowest BCUT2D eigenvalue weighted by Crippen LogP contribution is -2.38. The third-order valence-electron chi connectivity index (χ3n) is 6.22. The second kappa shape index (κ2) is 8.21. The lowest BCUT2D eigenvalue weighted by atomic mass is 9.97. The number of benzene rings is 3. The minimum atomic E-state index is -0.238. The zero-order chi connectivity index (χ0) is 22.2. The number of halogens is 1. The summed E-state index contributed by atoms with van der Waals surface area (Å²) < 4.78 is 2.20. The number of carbonyl (C=O) groups is 1. The Balaban J connectivity index is 1.66. The third-order valence-corrected chi connectivity index (χ3v) is 6.63. The molecule has 4 nitrogen and oxygen atoms in total. The highest BCUT2D eigenvalue weighted by atomic mass is 35.5. The van der Waals surface area contributed by atoms with E-state index in [9.17, 15) is 4.79 Å². The summed E-state index contributed by atoms with van der Waals surface area (Å²) in [7, 11) is 0.